The fourth-order valence-electron chi connectivity index (χ4n) is 2.28. The second kappa shape index (κ2) is 7.87. The zero-order valence-corrected chi connectivity index (χ0v) is 13.5. The number of hydrogen-bond acceptors (Lipinski definition) is 3. The molecule has 1 N–H and O–H groups in total. The van der Waals surface area contributed by atoms with Crippen LogP contribution >= 0.6 is 0 Å². The lowest BCUT2D eigenvalue weighted by Gasteiger charge is -2.11. The molecule has 5 nitrogen and oxygen atoms in total. The number of alkyl halides is 3. The van der Waals surface area contributed by atoms with E-state index < -0.39 is 29.8 Å². The minimum absolute atomic E-state index is 0.271. The highest BCUT2D eigenvalue weighted by Gasteiger charge is 2.31. The monoisotopic (exact) mass is 354 g/mol. The SMILES string of the molecule is COc1ccccc1CCNC(=O)Cn1cc(C(F)(F)F)ccc1=O. The highest BCUT2D eigenvalue weighted by atomic mass is 19.4. The Labute approximate surface area is 142 Å². The Bertz CT molecular complexity index is 800. The van der Waals surface area contributed by atoms with Crippen molar-refractivity contribution in [1.82, 2.24) is 9.88 Å². The van der Waals surface area contributed by atoms with Crippen LogP contribution in [-0.2, 0) is 23.9 Å². The second-order valence-electron chi connectivity index (χ2n) is 5.29. The maximum absolute atomic E-state index is 12.7. The van der Waals surface area contributed by atoms with Crippen molar-refractivity contribution in [3.63, 3.8) is 0 Å². The van der Waals surface area contributed by atoms with Crippen LogP contribution in [0.25, 0.3) is 0 Å². The number of carbonyl (C=O) groups is 1. The maximum atomic E-state index is 12.7. The molecule has 0 aliphatic carbocycles. The summed E-state index contributed by atoms with van der Waals surface area (Å²) in [6, 6.07) is 8.79. The van der Waals surface area contributed by atoms with Gasteiger partial charge in [-0.1, -0.05) is 18.2 Å². The van der Waals surface area contributed by atoms with Crippen molar-refractivity contribution < 1.29 is 22.7 Å². The van der Waals surface area contributed by atoms with E-state index in [1.807, 2.05) is 18.2 Å². The molecule has 1 amide bonds. The maximum Gasteiger partial charge on any atom is 0.417 e. The lowest BCUT2D eigenvalue weighted by molar-refractivity contribution is -0.138. The average Bonchev–Trinajstić information content (AvgIpc) is 2.56. The van der Waals surface area contributed by atoms with Crippen LogP contribution in [-0.4, -0.2) is 24.1 Å². The van der Waals surface area contributed by atoms with E-state index in [1.54, 1.807) is 6.07 Å². The number of aromatic nitrogens is 1. The molecule has 0 bridgehead atoms. The van der Waals surface area contributed by atoms with Crippen molar-refractivity contribution in [3.05, 3.63) is 64.1 Å². The summed E-state index contributed by atoms with van der Waals surface area (Å²) in [6.07, 6.45) is -3.44. The Morgan fingerprint density at radius 2 is 1.92 bits per heavy atom. The van der Waals surface area contributed by atoms with Gasteiger partial charge in [-0.15, -0.1) is 0 Å². The lowest BCUT2D eigenvalue weighted by atomic mass is 10.1. The molecule has 0 unspecified atom stereocenters. The van der Waals surface area contributed by atoms with Gasteiger partial charge in [-0.2, -0.15) is 13.2 Å². The number of hydrogen-bond donors (Lipinski definition) is 1. The van der Waals surface area contributed by atoms with Gasteiger partial charge in [-0.25, -0.2) is 0 Å². The van der Waals surface area contributed by atoms with Gasteiger partial charge in [-0.3, -0.25) is 9.59 Å². The molecule has 0 aliphatic rings. The third-order valence-electron chi connectivity index (χ3n) is 3.53. The highest BCUT2D eigenvalue weighted by Crippen LogP contribution is 2.27. The van der Waals surface area contributed by atoms with E-state index in [2.05, 4.69) is 5.32 Å². The predicted molar refractivity (Wildman–Crippen MR) is 85.4 cm³/mol. The zero-order valence-electron chi connectivity index (χ0n) is 13.5. The van der Waals surface area contributed by atoms with Crippen LogP contribution in [0.15, 0.2) is 47.4 Å². The number of methoxy groups -OCH3 is 1. The largest absolute Gasteiger partial charge is 0.496 e. The van der Waals surface area contributed by atoms with Gasteiger partial charge in [0.05, 0.1) is 12.7 Å². The molecular weight excluding hydrogens is 337 g/mol. The van der Waals surface area contributed by atoms with Gasteiger partial charge in [0.2, 0.25) is 5.91 Å². The van der Waals surface area contributed by atoms with E-state index in [4.69, 9.17) is 4.74 Å². The van der Waals surface area contributed by atoms with E-state index in [0.717, 1.165) is 16.2 Å². The molecule has 0 spiro atoms. The fourth-order valence-corrected chi connectivity index (χ4v) is 2.28. The van der Waals surface area contributed by atoms with Crippen LogP contribution in [0.1, 0.15) is 11.1 Å². The van der Waals surface area contributed by atoms with Crippen molar-refractivity contribution in [2.45, 2.75) is 19.1 Å². The number of nitrogens with one attached hydrogen (secondary N) is 1. The van der Waals surface area contributed by atoms with Crippen LogP contribution in [0.3, 0.4) is 0 Å². The predicted octanol–water partition coefficient (Wildman–Crippen LogP) is 2.23. The summed E-state index contributed by atoms with van der Waals surface area (Å²) in [5.74, 6) is 0.141. The summed E-state index contributed by atoms with van der Waals surface area (Å²) >= 11 is 0. The summed E-state index contributed by atoms with van der Waals surface area (Å²) < 4.78 is 43.9. The number of amides is 1. The highest BCUT2D eigenvalue weighted by molar-refractivity contribution is 5.75. The van der Waals surface area contributed by atoms with Gasteiger partial charge in [0.25, 0.3) is 5.56 Å². The van der Waals surface area contributed by atoms with E-state index in [0.29, 0.717) is 24.4 Å². The number of carbonyl (C=O) groups excluding carboxylic acids is 1. The normalized spacial score (nSPS) is 11.2. The van der Waals surface area contributed by atoms with Crippen molar-refractivity contribution in [3.8, 4) is 5.75 Å². The minimum atomic E-state index is -4.57. The number of halogens is 3. The molecule has 2 rings (SSSR count). The van der Waals surface area contributed by atoms with Gasteiger partial charge in [0, 0.05) is 18.8 Å². The first kappa shape index (κ1) is 18.6. The van der Waals surface area contributed by atoms with Crippen LogP contribution in [0.2, 0.25) is 0 Å². The molecule has 0 radical (unpaired) electrons. The summed E-state index contributed by atoms with van der Waals surface area (Å²) in [5, 5.41) is 2.58. The number of benzene rings is 1. The molecule has 0 saturated carbocycles. The molecule has 1 heterocycles. The number of rotatable bonds is 6. The molecule has 1 aromatic carbocycles. The van der Waals surface area contributed by atoms with Crippen LogP contribution < -0.4 is 15.6 Å². The third-order valence-corrected chi connectivity index (χ3v) is 3.53. The first-order chi connectivity index (χ1) is 11.8. The summed E-state index contributed by atoms with van der Waals surface area (Å²) in [5.41, 5.74) is -0.761. The number of nitrogens with zero attached hydrogens (tertiary/aromatic N) is 1. The van der Waals surface area contributed by atoms with Crippen molar-refractivity contribution in [1.29, 1.82) is 0 Å². The second-order valence-corrected chi connectivity index (χ2v) is 5.29. The minimum Gasteiger partial charge on any atom is -0.496 e. The first-order valence-electron chi connectivity index (χ1n) is 7.47. The molecule has 1 aromatic heterocycles. The molecule has 2 aromatic rings. The van der Waals surface area contributed by atoms with Crippen molar-refractivity contribution >= 4 is 5.91 Å². The standard InChI is InChI=1S/C17H17F3N2O3/c1-25-14-5-3-2-4-12(14)8-9-21-15(23)11-22-10-13(17(18,19)20)6-7-16(22)24/h2-7,10H,8-9,11H2,1H3,(H,21,23). The smallest absolute Gasteiger partial charge is 0.417 e. The summed E-state index contributed by atoms with van der Waals surface area (Å²) in [7, 11) is 1.54. The Hall–Kier alpha value is -2.77. The first-order valence-corrected chi connectivity index (χ1v) is 7.47. The zero-order chi connectivity index (χ0) is 18.4. The fraction of sp³-hybridized carbons (Fsp3) is 0.294. The van der Waals surface area contributed by atoms with Crippen LogP contribution in [0.5, 0.6) is 5.75 Å². The number of pyridine rings is 1. The summed E-state index contributed by atoms with van der Waals surface area (Å²) in [4.78, 5) is 23.5. The van der Waals surface area contributed by atoms with Gasteiger partial charge in [0.15, 0.2) is 0 Å². The Morgan fingerprint density at radius 3 is 2.60 bits per heavy atom. The average molecular weight is 354 g/mol. The summed E-state index contributed by atoms with van der Waals surface area (Å²) in [6.45, 7) is -0.207. The van der Waals surface area contributed by atoms with E-state index in [9.17, 15) is 22.8 Å². The van der Waals surface area contributed by atoms with E-state index in [1.165, 1.54) is 7.11 Å². The van der Waals surface area contributed by atoms with Gasteiger partial charge < -0.3 is 14.6 Å². The van der Waals surface area contributed by atoms with Gasteiger partial charge in [-0.05, 0) is 24.1 Å². The Balaban J connectivity index is 1.96. The quantitative estimate of drug-likeness (QED) is 0.866. The number of para-hydroxylation sites is 1. The molecule has 0 saturated heterocycles. The number of ether oxygens (including phenoxy) is 1. The van der Waals surface area contributed by atoms with Crippen molar-refractivity contribution in [2.24, 2.45) is 0 Å². The molecule has 25 heavy (non-hydrogen) atoms. The lowest BCUT2D eigenvalue weighted by Crippen LogP contribution is -2.33. The van der Waals surface area contributed by atoms with Gasteiger partial charge >= 0.3 is 6.18 Å². The van der Waals surface area contributed by atoms with Crippen molar-refractivity contribution in [2.75, 3.05) is 13.7 Å². The Morgan fingerprint density at radius 1 is 1.20 bits per heavy atom. The van der Waals surface area contributed by atoms with Gasteiger partial charge in [0.1, 0.15) is 12.3 Å². The molecule has 134 valence electrons. The van der Waals surface area contributed by atoms with Crippen LogP contribution in [0, 0.1) is 0 Å². The molecule has 0 fully saturated rings. The van der Waals surface area contributed by atoms with Crippen LogP contribution in [0.4, 0.5) is 13.2 Å². The topological polar surface area (TPSA) is 60.3 Å². The molecule has 8 heteroatoms. The third kappa shape index (κ3) is 5.10. The van der Waals surface area contributed by atoms with E-state index >= 15 is 0 Å². The molecule has 0 aliphatic heterocycles. The molecule has 0 atom stereocenters. The molecular formula is C17H17F3N2O3. The van der Waals surface area contributed by atoms with E-state index in [-0.39, 0.29) is 6.54 Å². The Kier molecular flexibility index (Phi) is 5.84.